The molecule has 1 amide bonds. The fourth-order valence-corrected chi connectivity index (χ4v) is 2.62. The van der Waals surface area contributed by atoms with Gasteiger partial charge in [-0.1, -0.05) is 30.3 Å². The average molecular weight is 357 g/mol. The highest BCUT2D eigenvalue weighted by molar-refractivity contribution is 5.81. The molecule has 6 heteroatoms. The zero-order valence-electron chi connectivity index (χ0n) is 15.0. The summed E-state index contributed by atoms with van der Waals surface area (Å²) >= 11 is 0. The Hall–Kier alpha value is -3.02. The summed E-state index contributed by atoms with van der Waals surface area (Å²) in [6.07, 6.45) is 0.674. The number of aryl methyl sites for hydroxylation is 1. The Morgan fingerprint density at radius 3 is 2.12 bits per heavy atom. The van der Waals surface area contributed by atoms with E-state index in [1.165, 1.54) is 4.90 Å². The summed E-state index contributed by atoms with van der Waals surface area (Å²) < 4.78 is 10.5. The number of hydrogen-bond acceptors (Lipinski definition) is 4. The quantitative estimate of drug-likeness (QED) is 0.747. The molecule has 0 aromatic heterocycles. The zero-order chi connectivity index (χ0) is 18.9. The molecule has 0 radical (unpaired) electrons. The number of hydrogen-bond donors (Lipinski definition) is 1. The second-order valence-electron chi connectivity index (χ2n) is 5.85. The molecule has 6 nitrogen and oxygen atoms in total. The molecule has 0 atom stereocenters. The zero-order valence-corrected chi connectivity index (χ0v) is 15.0. The van der Waals surface area contributed by atoms with Gasteiger partial charge in [0.25, 0.3) is 0 Å². The SMILES string of the molecule is COc1cc(CCC(=O)N(CC(=O)O)Cc2ccccc2)cc(OC)c1. The van der Waals surface area contributed by atoms with Gasteiger partial charge in [0.15, 0.2) is 0 Å². The molecule has 0 spiro atoms. The largest absolute Gasteiger partial charge is 0.497 e. The molecule has 0 aliphatic heterocycles. The Kier molecular flexibility index (Phi) is 7.02. The van der Waals surface area contributed by atoms with Crippen molar-refractivity contribution in [1.29, 1.82) is 0 Å². The van der Waals surface area contributed by atoms with Crippen LogP contribution in [0.15, 0.2) is 48.5 Å². The third-order valence-corrected chi connectivity index (χ3v) is 3.93. The molecule has 0 heterocycles. The summed E-state index contributed by atoms with van der Waals surface area (Å²) in [6.45, 7) is -0.0530. The number of nitrogens with zero attached hydrogens (tertiary/aromatic N) is 1. The molecule has 1 N–H and O–H groups in total. The number of benzene rings is 2. The van der Waals surface area contributed by atoms with Crippen molar-refractivity contribution in [3.63, 3.8) is 0 Å². The first-order valence-corrected chi connectivity index (χ1v) is 8.27. The summed E-state index contributed by atoms with van der Waals surface area (Å²) in [5.41, 5.74) is 1.79. The molecule has 26 heavy (non-hydrogen) atoms. The Morgan fingerprint density at radius 1 is 0.962 bits per heavy atom. The molecule has 0 unspecified atom stereocenters. The van der Waals surface area contributed by atoms with E-state index in [1.54, 1.807) is 20.3 Å². The van der Waals surface area contributed by atoms with Crippen LogP contribution in [0, 0.1) is 0 Å². The standard InChI is InChI=1S/C20H23NO5/c1-25-17-10-16(11-18(12-17)26-2)8-9-19(22)21(14-20(23)24)13-15-6-4-3-5-7-15/h3-7,10-12H,8-9,13-14H2,1-2H3,(H,23,24). The first-order chi connectivity index (χ1) is 12.5. The van der Waals surface area contributed by atoms with Crippen LogP contribution in [0.25, 0.3) is 0 Å². The molecule has 2 aromatic carbocycles. The topological polar surface area (TPSA) is 76.1 Å². The van der Waals surface area contributed by atoms with Gasteiger partial charge in [0.05, 0.1) is 14.2 Å². The Balaban J connectivity index is 2.05. The maximum Gasteiger partial charge on any atom is 0.323 e. The van der Waals surface area contributed by atoms with Crippen LogP contribution >= 0.6 is 0 Å². The summed E-state index contributed by atoms with van der Waals surface area (Å²) in [5, 5.41) is 9.11. The van der Waals surface area contributed by atoms with E-state index in [1.807, 2.05) is 42.5 Å². The first kappa shape index (κ1) is 19.3. The van der Waals surface area contributed by atoms with Crippen molar-refractivity contribution in [2.75, 3.05) is 20.8 Å². The van der Waals surface area contributed by atoms with E-state index in [9.17, 15) is 9.59 Å². The fourth-order valence-electron chi connectivity index (χ4n) is 2.62. The summed E-state index contributed by atoms with van der Waals surface area (Å²) in [4.78, 5) is 25.0. The Morgan fingerprint density at radius 2 is 1.58 bits per heavy atom. The molecule has 2 aromatic rings. The molecule has 0 aliphatic rings. The van der Waals surface area contributed by atoms with Crippen molar-refractivity contribution in [2.45, 2.75) is 19.4 Å². The molecule has 0 aliphatic carbocycles. The average Bonchev–Trinajstić information content (AvgIpc) is 2.65. The molecule has 0 fully saturated rings. The van der Waals surface area contributed by atoms with E-state index < -0.39 is 5.97 Å². The highest BCUT2D eigenvalue weighted by Gasteiger charge is 2.17. The van der Waals surface area contributed by atoms with Gasteiger partial charge in [-0.15, -0.1) is 0 Å². The van der Waals surface area contributed by atoms with Crippen LogP contribution in [0.2, 0.25) is 0 Å². The third-order valence-electron chi connectivity index (χ3n) is 3.93. The van der Waals surface area contributed by atoms with Crippen LogP contribution in [-0.2, 0) is 22.6 Å². The minimum Gasteiger partial charge on any atom is -0.497 e. The van der Waals surface area contributed by atoms with Gasteiger partial charge in [-0.3, -0.25) is 9.59 Å². The maximum atomic E-state index is 12.6. The number of carbonyl (C=O) groups is 2. The maximum absolute atomic E-state index is 12.6. The van der Waals surface area contributed by atoms with Crippen LogP contribution in [0.3, 0.4) is 0 Å². The third kappa shape index (κ3) is 5.81. The minimum absolute atomic E-state index is 0.205. The van der Waals surface area contributed by atoms with E-state index >= 15 is 0 Å². The van der Waals surface area contributed by atoms with E-state index in [4.69, 9.17) is 14.6 Å². The van der Waals surface area contributed by atoms with Crippen molar-refractivity contribution in [2.24, 2.45) is 0 Å². The monoisotopic (exact) mass is 357 g/mol. The van der Waals surface area contributed by atoms with Crippen molar-refractivity contribution in [3.05, 3.63) is 59.7 Å². The Bertz CT molecular complexity index is 723. The lowest BCUT2D eigenvalue weighted by Crippen LogP contribution is -2.35. The van der Waals surface area contributed by atoms with Crippen LogP contribution in [0.5, 0.6) is 11.5 Å². The van der Waals surface area contributed by atoms with E-state index in [0.29, 0.717) is 17.9 Å². The lowest BCUT2D eigenvalue weighted by atomic mass is 10.1. The molecule has 2 rings (SSSR count). The highest BCUT2D eigenvalue weighted by atomic mass is 16.5. The lowest BCUT2D eigenvalue weighted by Gasteiger charge is -2.21. The highest BCUT2D eigenvalue weighted by Crippen LogP contribution is 2.23. The number of aliphatic carboxylic acids is 1. The van der Waals surface area contributed by atoms with E-state index in [-0.39, 0.29) is 25.4 Å². The van der Waals surface area contributed by atoms with Gasteiger partial charge < -0.3 is 19.5 Å². The molecular weight excluding hydrogens is 334 g/mol. The number of rotatable bonds is 9. The molecule has 0 saturated carbocycles. The summed E-state index contributed by atoms with van der Waals surface area (Å²) in [6, 6.07) is 14.8. The second-order valence-corrected chi connectivity index (χ2v) is 5.85. The van der Waals surface area contributed by atoms with Crippen LogP contribution in [-0.4, -0.2) is 42.6 Å². The van der Waals surface area contributed by atoms with Gasteiger partial charge in [-0.25, -0.2) is 0 Å². The lowest BCUT2D eigenvalue weighted by molar-refractivity contribution is -0.144. The number of carboxylic acids is 1. The second kappa shape index (κ2) is 9.46. The Labute approximate surface area is 153 Å². The van der Waals surface area contributed by atoms with Crippen LogP contribution in [0.1, 0.15) is 17.5 Å². The molecule has 138 valence electrons. The smallest absolute Gasteiger partial charge is 0.323 e. The number of methoxy groups -OCH3 is 2. The summed E-state index contributed by atoms with van der Waals surface area (Å²) in [7, 11) is 3.14. The normalized spacial score (nSPS) is 10.2. The van der Waals surface area contributed by atoms with Crippen molar-refractivity contribution in [1.82, 2.24) is 4.90 Å². The van der Waals surface area contributed by atoms with Crippen molar-refractivity contribution in [3.8, 4) is 11.5 Å². The predicted octanol–water partition coefficient (Wildman–Crippen LogP) is 2.75. The number of carbonyl (C=O) groups excluding carboxylic acids is 1. The molecule has 0 bridgehead atoms. The number of carboxylic acid groups (broad SMARTS) is 1. The molecular formula is C20H23NO5. The van der Waals surface area contributed by atoms with E-state index in [0.717, 1.165) is 11.1 Å². The van der Waals surface area contributed by atoms with Gasteiger partial charge in [-0.05, 0) is 29.7 Å². The molecule has 0 saturated heterocycles. The van der Waals surface area contributed by atoms with Crippen LogP contribution < -0.4 is 9.47 Å². The van der Waals surface area contributed by atoms with Crippen molar-refractivity contribution < 1.29 is 24.2 Å². The predicted molar refractivity (Wildman–Crippen MR) is 97.4 cm³/mol. The van der Waals surface area contributed by atoms with Crippen molar-refractivity contribution >= 4 is 11.9 Å². The van der Waals surface area contributed by atoms with Gasteiger partial charge in [0.1, 0.15) is 18.0 Å². The van der Waals surface area contributed by atoms with Gasteiger partial charge in [0, 0.05) is 19.0 Å². The van der Waals surface area contributed by atoms with Crippen LogP contribution in [0.4, 0.5) is 0 Å². The first-order valence-electron chi connectivity index (χ1n) is 8.27. The summed E-state index contributed by atoms with van der Waals surface area (Å²) in [5.74, 6) is 0.0623. The number of amides is 1. The minimum atomic E-state index is -1.03. The van der Waals surface area contributed by atoms with E-state index in [2.05, 4.69) is 0 Å². The fraction of sp³-hybridized carbons (Fsp3) is 0.300. The number of ether oxygens (including phenoxy) is 2. The van der Waals surface area contributed by atoms with Gasteiger partial charge in [-0.2, -0.15) is 0 Å². The van der Waals surface area contributed by atoms with Gasteiger partial charge in [0.2, 0.25) is 5.91 Å². The van der Waals surface area contributed by atoms with Gasteiger partial charge >= 0.3 is 5.97 Å².